The number of benzene rings is 1. The first-order valence-corrected chi connectivity index (χ1v) is 7.98. The third-order valence-electron chi connectivity index (χ3n) is 3.26. The molecule has 0 aromatic heterocycles. The minimum atomic E-state index is -2.83. The van der Waals surface area contributed by atoms with Gasteiger partial charge < -0.3 is 5.32 Å². The van der Waals surface area contributed by atoms with E-state index in [0.717, 1.165) is 5.56 Å². The van der Waals surface area contributed by atoms with E-state index >= 15 is 0 Å². The lowest BCUT2D eigenvalue weighted by Gasteiger charge is -2.22. The maximum absolute atomic E-state index is 11.4. The van der Waals surface area contributed by atoms with Gasteiger partial charge in [0.15, 0.2) is 9.84 Å². The second kappa shape index (κ2) is 5.24. The van der Waals surface area contributed by atoms with Crippen LogP contribution in [0.5, 0.6) is 0 Å². The van der Waals surface area contributed by atoms with Gasteiger partial charge in [0.2, 0.25) is 0 Å². The second-order valence-corrected chi connectivity index (χ2v) is 7.28. The number of nitrogens with one attached hydrogen (secondary N) is 1. The Hall–Kier alpha value is -1.13. The number of rotatable bonds is 4. The highest BCUT2D eigenvalue weighted by atomic mass is 32.2. The van der Waals surface area contributed by atoms with E-state index in [1.54, 1.807) is 0 Å². The molecule has 0 radical (unpaired) electrons. The van der Waals surface area contributed by atoms with E-state index in [0.29, 0.717) is 18.7 Å². The number of hydrogen-bond donors (Lipinski definition) is 1. The maximum atomic E-state index is 11.4. The third-order valence-corrected chi connectivity index (χ3v) is 5.16. The topological polar surface area (TPSA) is 46.2 Å². The Balaban J connectivity index is 1.84. The summed E-state index contributed by atoms with van der Waals surface area (Å²) in [6, 6.07) is 10.1. The molecule has 1 aliphatic heterocycles. The van der Waals surface area contributed by atoms with Crippen LogP contribution in [0.2, 0.25) is 0 Å². The van der Waals surface area contributed by atoms with Crippen LogP contribution in [0.25, 0.3) is 6.08 Å². The quantitative estimate of drug-likeness (QED) is 0.904. The van der Waals surface area contributed by atoms with Crippen molar-refractivity contribution in [2.45, 2.75) is 18.9 Å². The molecule has 0 bridgehead atoms. The summed E-state index contributed by atoms with van der Waals surface area (Å²) in [6.07, 6.45) is 4.78. The predicted octanol–water partition coefficient (Wildman–Crippen LogP) is 1.87. The molecule has 4 heteroatoms. The zero-order valence-corrected chi connectivity index (χ0v) is 11.4. The van der Waals surface area contributed by atoms with E-state index in [1.807, 2.05) is 49.4 Å². The van der Waals surface area contributed by atoms with Gasteiger partial charge in [0.25, 0.3) is 0 Å². The average Bonchev–Trinajstić information content (AvgIpc) is 2.61. The van der Waals surface area contributed by atoms with Crippen molar-refractivity contribution in [1.29, 1.82) is 0 Å². The van der Waals surface area contributed by atoms with Crippen molar-refractivity contribution in [1.82, 2.24) is 5.32 Å². The highest BCUT2D eigenvalue weighted by molar-refractivity contribution is 7.91. The summed E-state index contributed by atoms with van der Waals surface area (Å²) in [4.78, 5) is 0. The predicted molar refractivity (Wildman–Crippen MR) is 75.2 cm³/mol. The van der Waals surface area contributed by atoms with Crippen LogP contribution in [0.15, 0.2) is 36.4 Å². The zero-order chi connectivity index (χ0) is 13.1. The largest absolute Gasteiger partial charge is 0.307 e. The van der Waals surface area contributed by atoms with Gasteiger partial charge in [0.05, 0.1) is 11.5 Å². The molecule has 1 N–H and O–H groups in total. The van der Waals surface area contributed by atoms with Crippen LogP contribution in [0.3, 0.4) is 0 Å². The molecule has 0 spiro atoms. The summed E-state index contributed by atoms with van der Waals surface area (Å²) in [5.74, 6) is 0.554. The van der Waals surface area contributed by atoms with Crippen molar-refractivity contribution in [3.8, 4) is 0 Å². The van der Waals surface area contributed by atoms with Gasteiger partial charge in [-0.3, -0.25) is 0 Å². The minimum Gasteiger partial charge on any atom is -0.307 e. The highest BCUT2D eigenvalue weighted by Gasteiger charge is 2.37. The lowest BCUT2D eigenvalue weighted by atomic mass is 10.0. The van der Waals surface area contributed by atoms with Crippen LogP contribution in [0, 0.1) is 0 Å². The van der Waals surface area contributed by atoms with Gasteiger partial charge >= 0.3 is 0 Å². The van der Waals surface area contributed by atoms with Crippen molar-refractivity contribution in [3.05, 3.63) is 42.0 Å². The SMILES string of the molecule is CC1(NCC=Cc2ccccc2)CCS(=O)(=O)C1. The third kappa shape index (κ3) is 3.68. The Kier molecular flexibility index (Phi) is 3.88. The Labute approximate surface area is 109 Å². The molecule has 18 heavy (non-hydrogen) atoms. The lowest BCUT2D eigenvalue weighted by Crippen LogP contribution is -2.43. The molecule has 3 nitrogen and oxygen atoms in total. The summed E-state index contributed by atoms with van der Waals surface area (Å²) >= 11 is 0. The number of sulfone groups is 1. The molecule has 0 aliphatic carbocycles. The van der Waals surface area contributed by atoms with Crippen LogP contribution in [-0.4, -0.2) is 32.0 Å². The molecule has 1 fully saturated rings. The van der Waals surface area contributed by atoms with Crippen LogP contribution in [0.4, 0.5) is 0 Å². The summed E-state index contributed by atoms with van der Waals surface area (Å²) in [5, 5.41) is 3.32. The van der Waals surface area contributed by atoms with Crippen LogP contribution in [0.1, 0.15) is 18.9 Å². The Morgan fingerprint density at radius 3 is 2.67 bits per heavy atom. The molecule has 0 amide bonds. The highest BCUT2D eigenvalue weighted by Crippen LogP contribution is 2.22. The first-order chi connectivity index (χ1) is 8.49. The van der Waals surface area contributed by atoms with E-state index in [2.05, 4.69) is 5.32 Å². The monoisotopic (exact) mass is 265 g/mol. The maximum Gasteiger partial charge on any atom is 0.152 e. The smallest absolute Gasteiger partial charge is 0.152 e. The molecular formula is C14H19NO2S. The summed E-state index contributed by atoms with van der Waals surface area (Å²) in [6.45, 7) is 2.68. The van der Waals surface area contributed by atoms with E-state index in [4.69, 9.17) is 0 Å². The van der Waals surface area contributed by atoms with E-state index in [-0.39, 0.29) is 11.3 Å². The van der Waals surface area contributed by atoms with Crippen LogP contribution < -0.4 is 5.32 Å². The lowest BCUT2D eigenvalue weighted by molar-refractivity contribution is 0.418. The molecule has 1 aromatic rings. The summed E-state index contributed by atoms with van der Waals surface area (Å²) < 4.78 is 22.9. The first kappa shape index (κ1) is 13.3. The molecule has 0 saturated carbocycles. The zero-order valence-electron chi connectivity index (χ0n) is 10.6. The van der Waals surface area contributed by atoms with Crippen molar-refractivity contribution >= 4 is 15.9 Å². The molecular weight excluding hydrogens is 246 g/mol. The second-order valence-electron chi connectivity index (χ2n) is 5.10. The van der Waals surface area contributed by atoms with Gasteiger partial charge in [-0.25, -0.2) is 8.42 Å². The van der Waals surface area contributed by atoms with Gasteiger partial charge in [-0.05, 0) is 18.9 Å². The van der Waals surface area contributed by atoms with Gasteiger partial charge in [-0.1, -0.05) is 42.5 Å². The summed E-state index contributed by atoms with van der Waals surface area (Å²) in [5.41, 5.74) is 0.892. The molecule has 2 rings (SSSR count). The Bertz CT molecular complexity index is 522. The Morgan fingerprint density at radius 2 is 2.06 bits per heavy atom. The molecule has 1 unspecified atom stereocenters. The molecule has 1 heterocycles. The molecule has 1 aliphatic rings. The van der Waals surface area contributed by atoms with Gasteiger partial charge in [-0.15, -0.1) is 0 Å². The van der Waals surface area contributed by atoms with Gasteiger partial charge in [-0.2, -0.15) is 0 Å². The molecule has 98 valence electrons. The minimum absolute atomic E-state index is 0.249. The van der Waals surface area contributed by atoms with Crippen LogP contribution >= 0.6 is 0 Å². The normalized spacial score (nSPS) is 26.7. The standard InChI is InChI=1S/C14H19NO2S/c1-14(9-11-18(16,17)12-14)15-10-5-8-13-6-3-2-4-7-13/h2-8,15H,9-12H2,1H3. The van der Waals surface area contributed by atoms with Gasteiger partial charge in [0.1, 0.15) is 0 Å². The first-order valence-electron chi connectivity index (χ1n) is 6.16. The van der Waals surface area contributed by atoms with Crippen molar-refractivity contribution < 1.29 is 8.42 Å². The van der Waals surface area contributed by atoms with Crippen molar-refractivity contribution in [2.75, 3.05) is 18.1 Å². The van der Waals surface area contributed by atoms with E-state index < -0.39 is 9.84 Å². The fraction of sp³-hybridized carbons (Fsp3) is 0.429. The molecule has 1 saturated heterocycles. The Morgan fingerprint density at radius 1 is 1.33 bits per heavy atom. The fourth-order valence-electron chi connectivity index (χ4n) is 2.21. The summed E-state index contributed by atoms with van der Waals surface area (Å²) in [7, 11) is -2.83. The molecule has 1 atom stereocenters. The van der Waals surface area contributed by atoms with Gasteiger partial charge in [0, 0.05) is 12.1 Å². The fourth-order valence-corrected chi connectivity index (χ4v) is 4.34. The van der Waals surface area contributed by atoms with Crippen molar-refractivity contribution in [2.24, 2.45) is 0 Å². The molecule has 1 aromatic carbocycles. The average molecular weight is 265 g/mol. The van der Waals surface area contributed by atoms with Crippen molar-refractivity contribution in [3.63, 3.8) is 0 Å². The van der Waals surface area contributed by atoms with E-state index in [1.165, 1.54) is 0 Å². The van der Waals surface area contributed by atoms with E-state index in [9.17, 15) is 8.42 Å². The number of hydrogen-bond acceptors (Lipinski definition) is 3. The van der Waals surface area contributed by atoms with Crippen LogP contribution in [-0.2, 0) is 9.84 Å².